The van der Waals surface area contributed by atoms with Crippen LogP contribution in [0.25, 0.3) is 0 Å². The van der Waals surface area contributed by atoms with Gasteiger partial charge in [0.15, 0.2) is 11.3 Å². The van der Waals surface area contributed by atoms with E-state index in [9.17, 15) is 23.3 Å². The lowest BCUT2D eigenvalue weighted by Gasteiger charge is -2.43. The van der Waals surface area contributed by atoms with Crippen molar-refractivity contribution in [1.29, 1.82) is 5.26 Å². The van der Waals surface area contributed by atoms with Gasteiger partial charge < -0.3 is 15.4 Å². The van der Waals surface area contributed by atoms with Crippen molar-refractivity contribution in [2.75, 3.05) is 26.7 Å². The zero-order valence-corrected chi connectivity index (χ0v) is 23.3. The number of ketones is 1. The van der Waals surface area contributed by atoms with Crippen LogP contribution < -0.4 is 5.73 Å². The fourth-order valence-electron chi connectivity index (χ4n) is 5.38. The maximum Gasteiger partial charge on any atom is 0.335 e. The lowest BCUT2D eigenvalue weighted by atomic mass is 9.80. The highest BCUT2D eigenvalue weighted by Crippen LogP contribution is 2.37. The van der Waals surface area contributed by atoms with E-state index in [4.69, 9.17) is 10.5 Å². The van der Waals surface area contributed by atoms with E-state index in [1.807, 2.05) is 13.1 Å². The van der Waals surface area contributed by atoms with Gasteiger partial charge in [-0.2, -0.15) is 9.57 Å². The molecule has 0 spiro atoms. The Morgan fingerprint density at radius 2 is 1.97 bits per heavy atom. The summed E-state index contributed by atoms with van der Waals surface area (Å²) < 4.78 is 34.7. The molecule has 2 aliphatic rings. The number of Topliss-reactive ketones (excluding diaryl/α,β-unsaturated/α-hetero) is 1. The molecule has 0 amide bonds. The minimum absolute atomic E-state index is 0.0151. The van der Waals surface area contributed by atoms with Crippen molar-refractivity contribution in [2.24, 2.45) is 5.73 Å². The molecule has 2 heterocycles. The molecule has 0 saturated carbocycles. The maximum atomic E-state index is 14.2. The van der Waals surface area contributed by atoms with Crippen molar-refractivity contribution in [3.63, 3.8) is 0 Å². The van der Waals surface area contributed by atoms with Crippen LogP contribution in [0.3, 0.4) is 0 Å². The predicted molar refractivity (Wildman–Crippen MR) is 146 cm³/mol. The first-order valence-corrected chi connectivity index (χ1v) is 14.4. The summed E-state index contributed by atoms with van der Waals surface area (Å²) in [5.74, 6) is -1.68. The van der Waals surface area contributed by atoms with E-state index in [2.05, 4.69) is 11.0 Å². The molecule has 0 fully saturated rings. The maximum absolute atomic E-state index is 14.2. The number of rotatable bonds is 8. The van der Waals surface area contributed by atoms with Crippen LogP contribution in [0.5, 0.6) is 0 Å². The average molecular weight is 551 g/mol. The first kappa shape index (κ1) is 28.6. The molecule has 2 N–H and O–H groups in total. The number of nitrogens with two attached hydrogens (primary N) is 1. The standard InChI is InChI=1S/C29H34N4O5S/c1-4-38-28(35)29(27(34)26(31)15-21-6-5-7-22(14-21)18-30)17-20(2)10-13-33(29)39(36,37)25-9-8-23-11-12-32(3)19-24(23)16-25/h5-10,14,16,26H,4,11-13,15,17,19,31H2,1-3H3/t26?,29-/m0/s1. The molecule has 39 heavy (non-hydrogen) atoms. The molecule has 0 aromatic heterocycles. The summed E-state index contributed by atoms with van der Waals surface area (Å²) in [7, 11) is -2.35. The Bertz CT molecular complexity index is 1460. The Balaban J connectivity index is 1.79. The van der Waals surface area contributed by atoms with Crippen molar-refractivity contribution in [1.82, 2.24) is 9.21 Å². The summed E-state index contributed by atoms with van der Waals surface area (Å²) >= 11 is 0. The van der Waals surface area contributed by atoms with Gasteiger partial charge in [0.05, 0.1) is 29.2 Å². The summed E-state index contributed by atoms with van der Waals surface area (Å²) in [5, 5.41) is 9.24. The van der Waals surface area contributed by atoms with Crippen LogP contribution in [0.15, 0.2) is 59.0 Å². The second kappa shape index (κ2) is 11.4. The monoisotopic (exact) mass is 550 g/mol. The molecule has 0 aliphatic carbocycles. The average Bonchev–Trinajstić information content (AvgIpc) is 2.92. The van der Waals surface area contributed by atoms with Crippen molar-refractivity contribution in [3.8, 4) is 6.07 Å². The number of nitriles is 1. The number of sulfonamides is 1. The Hall–Kier alpha value is -3.36. The van der Waals surface area contributed by atoms with Crippen LogP contribution in [-0.2, 0) is 43.7 Å². The van der Waals surface area contributed by atoms with Gasteiger partial charge in [0.25, 0.3) is 0 Å². The van der Waals surface area contributed by atoms with Crippen molar-refractivity contribution < 1.29 is 22.7 Å². The minimum atomic E-state index is -4.32. The number of carbonyl (C=O) groups is 2. The molecule has 2 atom stereocenters. The van der Waals surface area contributed by atoms with Crippen molar-refractivity contribution >= 4 is 21.8 Å². The van der Waals surface area contributed by atoms with E-state index in [1.165, 1.54) is 0 Å². The lowest BCUT2D eigenvalue weighted by Crippen LogP contribution is -2.67. The zero-order chi connectivity index (χ0) is 28.4. The Kier molecular flexibility index (Phi) is 8.37. The summed E-state index contributed by atoms with van der Waals surface area (Å²) in [6.07, 6.45) is 2.38. The first-order valence-electron chi connectivity index (χ1n) is 13.0. The molecule has 206 valence electrons. The second-order valence-corrected chi connectivity index (χ2v) is 12.1. The smallest absolute Gasteiger partial charge is 0.335 e. The van der Waals surface area contributed by atoms with E-state index in [-0.39, 0.29) is 30.9 Å². The SMILES string of the molecule is CCOC(=O)[C@@]1(C(=O)C(N)Cc2cccc(C#N)c2)CC(C)=CCN1S(=O)(=O)c1ccc2c(c1)CN(C)CC2. The number of carbonyl (C=O) groups excluding carboxylic acids is 2. The highest BCUT2D eigenvalue weighted by Gasteiger charge is 2.58. The normalized spacial score (nSPS) is 20.8. The molecule has 0 bridgehead atoms. The molecule has 4 rings (SSSR count). The van der Waals surface area contributed by atoms with Crippen LogP contribution in [0.4, 0.5) is 0 Å². The number of fused-ring (bicyclic) bond motifs is 1. The van der Waals surface area contributed by atoms with E-state index in [0.29, 0.717) is 23.2 Å². The Morgan fingerprint density at radius 1 is 1.21 bits per heavy atom. The summed E-state index contributed by atoms with van der Waals surface area (Å²) in [4.78, 5) is 29.9. The van der Waals surface area contributed by atoms with Crippen LogP contribution in [0.1, 0.15) is 42.5 Å². The fourth-order valence-corrected chi connectivity index (χ4v) is 7.08. The van der Waals surface area contributed by atoms with Crippen molar-refractivity contribution in [3.05, 3.63) is 76.4 Å². The van der Waals surface area contributed by atoms with E-state index >= 15 is 0 Å². The van der Waals surface area contributed by atoms with Gasteiger partial charge in [-0.05, 0) is 74.7 Å². The van der Waals surface area contributed by atoms with Crippen LogP contribution in [0, 0.1) is 11.3 Å². The van der Waals surface area contributed by atoms with Crippen LogP contribution in [-0.4, -0.2) is 67.7 Å². The van der Waals surface area contributed by atoms with Crippen LogP contribution in [0.2, 0.25) is 0 Å². The van der Waals surface area contributed by atoms with Gasteiger partial charge in [-0.15, -0.1) is 0 Å². The molecule has 9 nitrogen and oxygen atoms in total. The molecule has 10 heteroatoms. The summed E-state index contributed by atoms with van der Waals surface area (Å²) in [6, 6.07) is 12.5. The van der Waals surface area contributed by atoms with Crippen molar-refractivity contribution in [2.45, 2.75) is 56.1 Å². The number of ether oxygens (including phenoxy) is 1. The molecule has 2 aromatic carbocycles. The van der Waals surface area contributed by atoms with Gasteiger partial charge in [0.1, 0.15) is 0 Å². The van der Waals surface area contributed by atoms with Crippen LogP contribution >= 0.6 is 0 Å². The quantitative estimate of drug-likeness (QED) is 0.301. The number of hydrogen-bond donors (Lipinski definition) is 1. The molecular weight excluding hydrogens is 516 g/mol. The zero-order valence-electron chi connectivity index (χ0n) is 22.5. The van der Waals surface area contributed by atoms with E-state index < -0.39 is 33.4 Å². The van der Waals surface area contributed by atoms with Gasteiger partial charge >= 0.3 is 5.97 Å². The third-order valence-electron chi connectivity index (χ3n) is 7.40. The molecule has 0 radical (unpaired) electrons. The summed E-state index contributed by atoms with van der Waals surface area (Å²) in [6.45, 7) is 4.63. The largest absolute Gasteiger partial charge is 0.464 e. The highest BCUT2D eigenvalue weighted by atomic mass is 32.2. The molecule has 0 saturated heterocycles. The number of benzene rings is 2. The van der Waals surface area contributed by atoms with E-state index in [1.54, 1.807) is 56.3 Å². The number of hydrogen-bond acceptors (Lipinski definition) is 8. The molecule has 2 aromatic rings. The highest BCUT2D eigenvalue weighted by molar-refractivity contribution is 7.89. The summed E-state index contributed by atoms with van der Waals surface area (Å²) in [5.41, 5.74) is 7.94. The van der Waals surface area contributed by atoms with Gasteiger partial charge in [-0.3, -0.25) is 4.79 Å². The van der Waals surface area contributed by atoms with Gasteiger partial charge in [0, 0.05) is 26.1 Å². The number of nitrogens with zero attached hydrogens (tertiary/aromatic N) is 3. The fraction of sp³-hybridized carbons (Fsp3) is 0.414. The van der Waals surface area contributed by atoms with E-state index in [0.717, 1.165) is 28.4 Å². The van der Waals surface area contributed by atoms with Gasteiger partial charge in [-0.1, -0.05) is 29.8 Å². The topological polar surface area (TPSA) is 134 Å². The molecular formula is C29H34N4O5S. The lowest BCUT2D eigenvalue weighted by molar-refractivity contribution is -0.160. The third-order valence-corrected chi connectivity index (χ3v) is 9.29. The van der Waals surface area contributed by atoms with Gasteiger partial charge in [-0.25, -0.2) is 13.2 Å². The first-order chi connectivity index (χ1) is 18.5. The Morgan fingerprint density at radius 3 is 2.69 bits per heavy atom. The molecule has 1 unspecified atom stereocenters. The number of likely N-dealkylation sites (N-methyl/N-ethyl adjacent to an activating group) is 1. The van der Waals surface area contributed by atoms with Gasteiger partial charge in [0.2, 0.25) is 10.0 Å². The molecule has 2 aliphatic heterocycles. The third kappa shape index (κ3) is 5.54. The second-order valence-electron chi connectivity index (χ2n) is 10.2. The minimum Gasteiger partial charge on any atom is -0.464 e. The number of esters is 1. The Labute approximate surface area is 229 Å². The predicted octanol–water partition coefficient (Wildman–Crippen LogP) is 2.33.